The highest BCUT2D eigenvalue weighted by molar-refractivity contribution is 7.25. The molecule has 0 aliphatic heterocycles. The molecule has 0 radical (unpaired) electrons. The van der Waals surface area contributed by atoms with Crippen molar-refractivity contribution in [3.8, 4) is 51.0 Å². The number of benzene rings is 9. The molecule has 0 aliphatic carbocycles. The van der Waals surface area contributed by atoms with Crippen LogP contribution in [0.25, 0.3) is 126 Å². The van der Waals surface area contributed by atoms with Gasteiger partial charge in [0, 0.05) is 52.8 Å². The van der Waals surface area contributed by atoms with E-state index in [0.717, 1.165) is 66.5 Å². The lowest BCUT2D eigenvalue weighted by atomic mass is 10.0. The first kappa shape index (κ1) is 34.0. The van der Waals surface area contributed by atoms with E-state index in [2.05, 4.69) is 180 Å². The van der Waals surface area contributed by atoms with Crippen LogP contribution in [0, 0.1) is 0 Å². The Morgan fingerprint density at radius 3 is 1.85 bits per heavy atom. The Balaban J connectivity index is 1.13. The van der Waals surface area contributed by atoms with E-state index in [-0.39, 0.29) is 0 Å². The van der Waals surface area contributed by atoms with Crippen LogP contribution in [-0.4, -0.2) is 19.5 Å². The average Bonchev–Trinajstić information content (AvgIpc) is 4.00. The molecular weight excluding hydrogens is 765 g/mol. The quantitative estimate of drug-likeness (QED) is 0.174. The number of furan rings is 1. The number of nitrogens with zero attached hydrogens (tertiary/aromatic N) is 4. The van der Waals surface area contributed by atoms with Crippen LogP contribution in [0.5, 0.6) is 0 Å². The minimum absolute atomic E-state index is 0.571. The zero-order valence-corrected chi connectivity index (χ0v) is 33.4. The summed E-state index contributed by atoms with van der Waals surface area (Å²) in [7, 11) is 0. The molecule has 0 fully saturated rings. The van der Waals surface area contributed by atoms with E-state index in [1.807, 2.05) is 18.2 Å². The average molecular weight is 797 g/mol. The molecular formula is C55H32N4OS. The van der Waals surface area contributed by atoms with Crippen LogP contribution in [0.4, 0.5) is 0 Å². The maximum Gasteiger partial charge on any atom is 0.166 e. The van der Waals surface area contributed by atoms with Crippen molar-refractivity contribution >= 4 is 86.0 Å². The van der Waals surface area contributed by atoms with Gasteiger partial charge in [-0.1, -0.05) is 133 Å². The van der Waals surface area contributed by atoms with Crippen LogP contribution in [0.15, 0.2) is 199 Å². The smallest absolute Gasteiger partial charge is 0.166 e. The molecule has 4 heterocycles. The summed E-state index contributed by atoms with van der Waals surface area (Å²) >= 11 is 1.80. The molecule has 6 heteroatoms. The number of hydrogen-bond acceptors (Lipinski definition) is 5. The van der Waals surface area contributed by atoms with Crippen molar-refractivity contribution in [2.24, 2.45) is 0 Å². The lowest BCUT2D eigenvalue weighted by Crippen LogP contribution is -2.04. The van der Waals surface area contributed by atoms with Crippen LogP contribution in [0.2, 0.25) is 0 Å². The first-order valence-electron chi connectivity index (χ1n) is 20.4. The van der Waals surface area contributed by atoms with Crippen LogP contribution < -0.4 is 0 Å². The lowest BCUT2D eigenvalue weighted by molar-refractivity contribution is 0.669. The number of rotatable bonds is 5. The Morgan fingerprint density at radius 2 is 1.00 bits per heavy atom. The van der Waals surface area contributed by atoms with Gasteiger partial charge in [-0.25, -0.2) is 15.0 Å². The molecule has 0 aliphatic rings. The highest BCUT2D eigenvalue weighted by atomic mass is 32.1. The van der Waals surface area contributed by atoms with Gasteiger partial charge >= 0.3 is 0 Å². The lowest BCUT2D eigenvalue weighted by Gasteiger charge is -2.16. The fourth-order valence-corrected chi connectivity index (χ4v) is 10.3. The molecule has 0 saturated heterocycles. The van der Waals surface area contributed by atoms with Crippen molar-refractivity contribution in [3.63, 3.8) is 0 Å². The molecule has 4 aromatic heterocycles. The van der Waals surface area contributed by atoms with Crippen molar-refractivity contribution in [2.75, 3.05) is 0 Å². The van der Waals surface area contributed by atoms with Crippen LogP contribution >= 0.6 is 11.3 Å². The van der Waals surface area contributed by atoms with Crippen LogP contribution in [-0.2, 0) is 0 Å². The van der Waals surface area contributed by atoms with E-state index < -0.39 is 0 Å². The summed E-state index contributed by atoms with van der Waals surface area (Å²) < 4.78 is 11.5. The highest BCUT2D eigenvalue weighted by Gasteiger charge is 2.25. The minimum Gasteiger partial charge on any atom is -0.456 e. The summed E-state index contributed by atoms with van der Waals surface area (Å²) in [5, 5.41) is 9.12. The van der Waals surface area contributed by atoms with E-state index in [4.69, 9.17) is 19.4 Å². The second-order valence-corrected chi connectivity index (χ2v) is 16.6. The molecule has 0 N–H and O–H groups in total. The topological polar surface area (TPSA) is 56.7 Å². The molecule has 284 valence electrons. The summed E-state index contributed by atoms with van der Waals surface area (Å²) in [6.07, 6.45) is 0. The molecule has 13 rings (SSSR count). The Bertz CT molecular complexity index is 3880. The number of fused-ring (bicyclic) bond motifs is 10. The fraction of sp³-hybridized carbons (Fsp3) is 0. The predicted octanol–water partition coefficient (Wildman–Crippen LogP) is 15.1. The minimum atomic E-state index is 0.571. The second kappa shape index (κ2) is 13.3. The molecule has 0 saturated carbocycles. The highest BCUT2D eigenvalue weighted by Crippen LogP contribution is 2.44. The van der Waals surface area contributed by atoms with E-state index >= 15 is 0 Å². The Hall–Kier alpha value is -7.93. The summed E-state index contributed by atoms with van der Waals surface area (Å²) in [6, 6.07) is 68.5. The van der Waals surface area contributed by atoms with Crippen molar-refractivity contribution in [1.82, 2.24) is 19.5 Å². The molecule has 0 spiro atoms. The monoisotopic (exact) mass is 796 g/mol. The third-order valence-corrected chi connectivity index (χ3v) is 13.2. The van der Waals surface area contributed by atoms with Gasteiger partial charge in [-0.3, -0.25) is 0 Å². The van der Waals surface area contributed by atoms with Gasteiger partial charge in [-0.15, -0.1) is 11.3 Å². The first-order chi connectivity index (χ1) is 30.2. The van der Waals surface area contributed by atoms with Gasteiger partial charge in [0.2, 0.25) is 0 Å². The summed E-state index contributed by atoms with van der Waals surface area (Å²) in [5.41, 5.74) is 9.74. The van der Waals surface area contributed by atoms with Crippen molar-refractivity contribution in [1.29, 1.82) is 0 Å². The van der Waals surface area contributed by atoms with Gasteiger partial charge < -0.3 is 8.98 Å². The maximum absolute atomic E-state index is 6.61. The van der Waals surface area contributed by atoms with Crippen molar-refractivity contribution in [3.05, 3.63) is 194 Å². The Morgan fingerprint density at radius 1 is 0.377 bits per heavy atom. The molecule has 0 atom stereocenters. The summed E-state index contributed by atoms with van der Waals surface area (Å²) in [5.74, 6) is 1.77. The zero-order chi connectivity index (χ0) is 40.0. The molecule has 13 aromatic rings. The maximum atomic E-state index is 6.61. The van der Waals surface area contributed by atoms with E-state index in [9.17, 15) is 0 Å². The van der Waals surface area contributed by atoms with Gasteiger partial charge in [0.05, 0.1) is 22.3 Å². The van der Waals surface area contributed by atoms with Crippen LogP contribution in [0.1, 0.15) is 0 Å². The third kappa shape index (κ3) is 5.36. The van der Waals surface area contributed by atoms with E-state index in [1.54, 1.807) is 11.3 Å². The largest absolute Gasteiger partial charge is 0.456 e. The Labute approximate surface area is 353 Å². The third-order valence-electron chi connectivity index (χ3n) is 12.0. The molecule has 9 aromatic carbocycles. The SMILES string of the molecule is c1ccc(-c2ccc(-c3nc(-c4ccc5sc6ccccc6c5c4)nc(-c4c(-n5c6ccccc6c6cc7ccccc7cc65)ccc5oc6ccccc6c45)n3)cc2)cc1. The standard InChI is InChI=1S/C55H32N4OS/c1-2-12-33(13-3-1)34-22-24-35(25-23-34)53-56-54(38-26-29-50-43(31-38)40-17-8-11-21-49(40)61-50)58-55(57-53)52-45(27-28-48-51(52)41-18-7-10-20-47(41)60-48)59-44-19-9-6-16-39(44)42-30-36-14-4-5-15-37(36)32-46(42)59/h1-32H. The zero-order valence-electron chi connectivity index (χ0n) is 32.6. The Kier molecular flexibility index (Phi) is 7.41. The van der Waals surface area contributed by atoms with Gasteiger partial charge in [0.1, 0.15) is 11.2 Å². The summed E-state index contributed by atoms with van der Waals surface area (Å²) in [4.78, 5) is 16.2. The number of aromatic nitrogens is 4. The fourth-order valence-electron chi connectivity index (χ4n) is 9.19. The van der Waals surface area contributed by atoms with E-state index in [1.165, 1.54) is 41.7 Å². The second-order valence-electron chi connectivity index (χ2n) is 15.6. The summed E-state index contributed by atoms with van der Waals surface area (Å²) in [6.45, 7) is 0. The van der Waals surface area contributed by atoms with Crippen LogP contribution in [0.3, 0.4) is 0 Å². The predicted molar refractivity (Wildman–Crippen MR) is 254 cm³/mol. The molecule has 61 heavy (non-hydrogen) atoms. The van der Waals surface area contributed by atoms with Gasteiger partial charge in [0.15, 0.2) is 17.5 Å². The molecule has 0 bridgehead atoms. The molecule has 0 unspecified atom stereocenters. The number of hydrogen-bond donors (Lipinski definition) is 0. The van der Waals surface area contributed by atoms with Gasteiger partial charge in [0.25, 0.3) is 0 Å². The molecule has 0 amide bonds. The van der Waals surface area contributed by atoms with Gasteiger partial charge in [-0.05, 0) is 82.6 Å². The van der Waals surface area contributed by atoms with E-state index in [0.29, 0.717) is 17.5 Å². The number of thiophene rings is 1. The van der Waals surface area contributed by atoms with Crippen molar-refractivity contribution in [2.45, 2.75) is 0 Å². The molecule has 5 nitrogen and oxygen atoms in total. The first-order valence-corrected chi connectivity index (χ1v) is 21.2. The van der Waals surface area contributed by atoms with Crippen molar-refractivity contribution < 1.29 is 4.42 Å². The normalized spacial score (nSPS) is 11.9. The number of para-hydroxylation sites is 2. The van der Waals surface area contributed by atoms with Gasteiger partial charge in [-0.2, -0.15) is 0 Å².